The highest BCUT2D eigenvalue weighted by Gasteiger charge is 2.16. The number of rotatable bonds is 8. The molecule has 0 saturated carbocycles. The number of aliphatic imine (C=N–C) groups is 1. The molecule has 6 nitrogen and oxygen atoms in total. The van der Waals surface area contributed by atoms with Crippen molar-refractivity contribution >= 4 is 29.7 Å². The van der Waals surface area contributed by atoms with E-state index in [0.29, 0.717) is 17.2 Å². The van der Waals surface area contributed by atoms with Crippen molar-refractivity contribution in [2.24, 2.45) is 4.99 Å². The van der Waals surface area contributed by atoms with Crippen LogP contribution in [0, 0.1) is 0 Å². The van der Waals surface area contributed by atoms with E-state index < -0.39 is 0 Å². The summed E-state index contributed by atoms with van der Waals surface area (Å²) >= 11 is 0. The minimum Gasteiger partial charge on any atom is -0.394 e. The second-order valence-corrected chi connectivity index (χ2v) is 4.92. The third kappa shape index (κ3) is 4.53. The zero-order chi connectivity index (χ0) is 15.8. The summed E-state index contributed by atoms with van der Waals surface area (Å²) in [6, 6.07) is -0.0847. The van der Waals surface area contributed by atoms with Gasteiger partial charge in [0.1, 0.15) is 5.69 Å². The molecule has 0 radical (unpaired) electrons. The third-order valence-electron chi connectivity index (χ3n) is 3.33. The second-order valence-electron chi connectivity index (χ2n) is 4.92. The summed E-state index contributed by atoms with van der Waals surface area (Å²) in [6.45, 7) is 9.59. The lowest BCUT2D eigenvalue weighted by Crippen LogP contribution is -2.24. The monoisotopic (exact) mass is 291 g/mol. The third-order valence-corrected chi connectivity index (χ3v) is 3.33. The van der Waals surface area contributed by atoms with E-state index in [-0.39, 0.29) is 18.6 Å². The van der Waals surface area contributed by atoms with Crippen LogP contribution in [0.25, 0.3) is 5.57 Å². The van der Waals surface area contributed by atoms with Crippen LogP contribution in [0.2, 0.25) is 0 Å². The van der Waals surface area contributed by atoms with Crippen molar-refractivity contribution < 1.29 is 5.11 Å². The van der Waals surface area contributed by atoms with Crippen LogP contribution in [0.15, 0.2) is 11.1 Å². The summed E-state index contributed by atoms with van der Waals surface area (Å²) in [6.07, 6.45) is 4.88. The van der Waals surface area contributed by atoms with Gasteiger partial charge in [0, 0.05) is 0 Å². The van der Waals surface area contributed by atoms with Gasteiger partial charge < -0.3 is 16.2 Å². The number of nitrogens with two attached hydrogens (primary N) is 1. The van der Waals surface area contributed by atoms with Gasteiger partial charge in [-0.2, -0.15) is 4.98 Å². The first-order valence-electron chi connectivity index (χ1n) is 7.22. The Morgan fingerprint density at radius 2 is 2.24 bits per heavy atom. The Labute approximate surface area is 126 Å². The van der Waals surface area contributed by atoms with Crippen LogP contribution in [-0.4, -0.2) is 34.4 Å². The zero-order valence-electron chi connectivity index (χ0n) is 13.1. The first-order chi connectivity index (χ1) is 10.1. The molecule has 6 heteroatoms. The molecule has 1 atom stereocenters. The van der Waals surface area contributed by atoms with E-state index in [1.54, 1.807) is 0 Å². The average molecular weight is 291 g/mol. The van der Waals surface area contributed by atoms with Gasteiger partial charge in [0.2, 0.25) is 5.95 Å². The normalized spacial score (nSPS) is 13.0. The molecule has 0 saturated heterocycles. The predicted molar refractivity (Wildman–Crippen MR) is 89.0 cm³/mol. The Hall–Kier alpha value is -1.95. The Bertz CT molecular complexity index is 513. The van der Waals surface area contributed by atoms with Crippen LogP contribution in [-0.2, 0) is 0 Å². The van der Waals surface area contributed by atoms with Gasteiger partial charge in [-0.3, -0.25) is 4.99 Å². The smallest absolute Gasteiger partial charge is 0.222 e. The number of hydrogen-bond donors (Lipinski definition) is 3. The zero-order valence-corrected chi connectivity index (χ0v) is 13.1. The van der Waals surface area contributed by atoms with Gasteiger partial charge in [-0.25, -0.2) is 4.98 Å². The SMILES string of the molecule is C=Nc1c(N[C@H](CO)CCCC)nc(N)nc1/C(C)=C\C. The summed E-state index contributed by atoms with van der Waals surface area (Å²) in [4.78, 5) is 12.5. The number of nitrogens with zero attached hydrogens (tertiary/aromatic N) is 3. The van der Waals surface area contributed by atoms with Crippen molar-refractivity contribution in [3.8, 4) is 0 Å². The molecule has 21 heavy (non-hydrogen) atoms. The number of allylic oxidation sites excluding steroid dienone is 2. The number of unbranched alkanes of at least 4 members (excludes halogenated alkanes) is 1. The maximum Gasteiger partial charge on any atom is 0.222 e. The van der Waals surface area contributed by atoms with E-state index in [2.05, 4.69) is 33.9 Å². The molecule has 0 aliphatic carbocycles. The van der Waals surface area contributed by atoms with Gasteiger partial charge in [-0.15, -0.1) is 0 Å². The topological polar surface area (TPSA) is 96.4 Å². The molecule has 116 valence electrons. The van der Waals surface area contributed by atoms with E-state index in [4.69, 9.17) is 5.73 Å². The first kappa shape index (κ1) is 17.1. The van der Waals surface area contributed by atoms with Gasteiger partial charge >= 0.3 is 0 Å². The molecule has 0 aromatic carbocycles. The van der Waals surface area contributed by atoms with E-state index in [0.717, 1.165) is 24.8 Å². The molecule has 1 heterocycles. The van der Waals surface area contributed by atoms with E-state index in [1.165, 1.54) is 0 Å². The molecule has 1 aromatic heterocycles. The maximum absolute atomic E-state index is 9.48. The molecule has 0 spiro atoms. The van der Waals surface area contributed by atoms with Crippen LogP contribution in [0.1, 0.15) is 45.7 Å². The Balaban J connectivity index is 3.16. The molecule has 0 amide bonds. The van der Waals surface area contributed by atoms with Crippen LogP contribution < -0.4 is 11.1 Å². The highest BCUT2D eigenvalue weighted by molar-refractivity contribution is 5.79. The fraction of sp³-hybridized carbons (Fsp3) is 0.533. The van der Waals surface area contributed by atoms with E-state index in [1.807, 2.05) is 19.9 Å². The highest BCUT2D eigenvalue weighted by Crippen LogP contribution is 2.32. The largest absolute Gasteiger partial charge is 0.394 e. The number of nitrogens with one attached hydrogen (secondary N) is 1. The number of aliphatic hydroxyl groups excluding tert-OH is 1. The fourth-order valence-electron chi connectivity index (χ4n) is 1.99. The fourth-order valence-corrected chi connectivity index (χ4v) is 1.99. The van der Waals surface area contributed by atoms with Gasteiger partial charge in [-0.05, 0) is 32.6 Å². The lowest BCUT2D eigenvalue weighted by atomic mass is 10.1. The molecule has 1 aromatic rings. The van der Waals surface area contributed by atoms with Crippen LogP contribution >= 0.6 is 0 Å². The van der Waals surface area contributed by atoms with Crippen molar-refractivity contribution in [2.45, 2.75) is 46.1 Å². The van der Waals surface area contributed by atoms with E-state index >= 15 is 0 Å². The maximum atomic E-state index is 9.48. The molecule has 4 N–H and O–H groups in total. The van der Waals surface area contributed by atoms with Gasteiger partial charge in [0.25, 0.3) is 0 Å². The number of anilines is 2. The Morgan fingerprint density at radius 1 is 1.52 bits per heavy atom. The number of aliphatic hydroxyl groups is 1. The molecular formula is C15H25N5O. The molecule has 0 aliphatic heterocycles. The molecular weight excluding hydrogens is 266 g/mol. The molecule has 0 fully saturated rings. The minimum absolute atomic E-state index is 0.0262. The summed E-state index contributed by atoms with van der Waals surface area (Å²) in [5.41, 5.74) is 7.95. The minimum atomic E-state index is -0.0847. The first-order valence-corrected chi connectivity index (χ1v) is 7.22. The summed E-state index contributed by atoms with van der Waals surface area (Å²) < 4.78 is 0. The quantitative estimate of drug-likeness (QED) is 0.640. The lowest BCUT2D eigenvalue weighted by molar-refractivity contribution is 0.267. The van der Waals surface area contributed by atoms with Gasteiger partial charge in [0.15, 0.2) is 5.82 Å². The number of hydrogen-bond acceptors (Lipinski definition) is 6. The predicted octanol–water partition coefficient (Wildman–Crippen LogP) is 2.78. The lowest BCUT2D eigenvalue weighted by Gasteiger charge is -2.19. The number of aromatic nitrogens is 2. The van der Waals surface area contributed by atoms with Crippen LogP contribution in [0.4, 0.5) is 17.5 Å². The number of nitrogen functional groups attached to an aromatic ring is 1. The van der Waals surface area contributed by atoms with Crippen molar-refractivity contribution in [1.29, 1.82) is 0 Å². The standard InChI is InChI=1S/C15H25N5O/c1-5-7-8-11(9-21)18-14-13(17-4)12(10(3)6-2)19-15(16)20-14/h6,11,21H,4-5,7-9H2,1-3H3,(H3,16,18,19,20)/b10-6-/t11-/m0/s1. The molecule has 0 aliphatic rings. The Kier molecular flexibility index (Phi) is 6.81. The van der Waals surface area contributed by atoms with Crippen LogP contribution in [0.5, 0.6) is 0 Å². The molecule has 0 unspecified atom stereocenters. The van der Waals surface area contributed by atoms with Crippen molar-refractivity contribution in [2.75, 3.05) is 17.7 Å². The highest BCUT2D eigenvalue weighted by atomic mass is 16.3. The summed E-state index contributed by atoms with van der Waals surface area (Å²) in [5.74, 6) is 0.692. The summed E-state index contributed by atoms with van der Waals surface area (Å²) in [7, 11) is 0. The van der Waals surface area contributed by atoms with Gasteiger partial charge in [0.05, 0.1) is 18.3 Å². The van der Waals surface area contributed by atoms with Crippen molar-refractivity contribution in [3.63, 3.8) is 0 Å². The summed E-state index contributed by atoms with van der Waals surface area (Å²) in [5, 5.41) is 12.7. The van der Waals surface area contributed by atoms with Gasteiger partial charge in [-0.1, -0.05) is 25.8 Å². The average Bonchev–Trinajstić information content (AvgIpc) is 2.49. The Morgan fingerprint density at radius 3 is 2.76 bits per heavy atom. The van der Waals surface area contributed by atoms with Crippen molar-refractivity contribution in [1.82, 2.24) is 9.97 Å². The molecule has 1 rings (SSSR count). The second kappa shape index (κ2) is 8.36. The van der Waals surface area contributed by atoms with E-state index in [9.17, 15) is 5.11 Å². The molecule has 0 bridgehead atoms. The van der Waals surface area contributed by atoms with Crippen LogP contribution in [0.3, 0.4) is 0 Å². The van der Waals surface area contributed by atoms with Crippen molar-refractivity contribution in [3.05, 3.63) is 11.8 Å².